The summed E-state index contributed by atoms with van der Waals surface area (Å²) in [6.45, 7) is 3.77. The first-order chi connectivity index (χ1) is 11.4. The van der Waals surface area contributed by atoms with Crippen LogP contribution in [-0.4, -0.2) is 34.5 Å². The molecule has 1 N–H and O–H groups in total. The number of nitrogens with zero attached hydrogens (tertiary/aromatic N) is 1. The van der Waals surface area contributed by atoms with Gasteiger partial charge >= 0.3 is 0 Å². The minimum absolute atomic E-state index is 0.115. The fraction of sp³-hybridized carbons (Fsp3) is 0.188. The lowest BCUT2D eigenvalue weighted by atomic mass is 10.3. The van der Waals surface area contributed by atoms with Crippen molar-refractivity contribution in [2.45, 2.75) is 4.21 Å². The minimum atomic E-state index is -3.56. The van der Waals surface area contributed by atoms with Crippen LogP contribution in [0.15, 0.2) is 58.6 Å². The predicted molar refractivity (Wildman–Crippen MR) is 95.1 cm³/mol. The molecule has 0 bridgehead atoms. The number of carbonyl (C=O) groups excluding carboxylic acids is 1. The van der Waals surface area contributed by atoms with Gasteiger partial charge in [-0.2, -0.15) is 0 Å². The maximum atomic E-state index is 12.4. The molecule has 0 spiro atoms. The molecule has 0 atom stereocenters. The van der Waals surface area contributed by atoms with E-state index in [1.807, 2.05) is 0 Å². The number of benzene rings is 1. The molecule has 1 amide bonds. The Morgan fingerprint density at radius 3 is 2.62 bits per heavy atom. The van der Waals surface area contributed by atoms with Crippen molar-refractivity contribution in [3.63, 3.8) is 0 Å². The van der Waals surface area contributed by atoms with Gasteiger partial charge in [-0.15, -0.1) is 17.9 Å². The third kappa shape index (κ3) is 4.36. The molecule has 1 heterocycles. The average molecular weight is 366 g/mol. The topological polar surface area (TPSA) is 75.7 Å². The Bertz CT molecular complexity index is 784. The fourth-order valence-corrected chi connectivity index (χ4v) is 4.18. The van der Waals surface area contributed by atoms with Crippen molar-refractivity contribution in [3.8, 4) is 5.75 Å². The summed E-state index contributed by atoms with van der Waals surface area (Å²) in [4.78, 5) is 11.4. The zero-order chi connectivity index (χ0) is 17.6. The van der Waals surface area contributed by atoms with E-state index in [4.69, 9.17) is 4.74 Å². The standard InChI is InChI=1S/C16H18N2O4S2/c1-3-10-17-15(19)12-22-14-8-6-13(7-9-14)18(2)24(20,21)16-5-4-11-23-16/h3-9,11H,1,10,12H2,2H3,(H,17,19). The molecule has 0 unspecified atom stereocenters. The van der Waals surface area contributed by atoms with Gasteiger partial charge in [0.1, 0.15) is 9.96 Å². The molecule has 0 aliphatic carbocycles. The number of thiophene rings is 1. The number of rotatable bonds is 8. The molecule has 0 aliphatic rings. The monoisotopic (exact) mass is 366 g/mol. The van der Waals surface area contributed by atoms with Crippen LogP contribution >= 0.6 is 11.3 Å². The maximum Gasteiger partial charge on any atom is 0.273 e. The van der Waals surface area contributed by atoms with Crippen molar-refractivity contribution in [2.24, 2.45) is 0 Å². The Hall–Kier alpha value is -2.32. The van der Waals surface area contributed by atoms with Gasteiger partial charge in [0, 0.05) is 13.6 Å². The van der Waals surface area contributed by atoms with Crippen LogP contribution in [0.2, 0.25) is 0 Å². The van der Waals surface area contributed by atoms with Gasteiger partial charge in [-0.3, -0.25) is 9.10 Å². The van der Waals surface area contributed by atoms with Crippen molar-refractivity contribution in [2.75, 3.05) is 24.5 Å². The van der Waals surface area contributed by atoms with E-state index in [1.54, 1.807) is 47.9 Å². The summed E-state index contributed by atoms with van der Waals surface area (Å²) in [5.41, 5.74) is 0.506. The molecule has 0 aliphatic heterocycles. The van der Waals surface area contributed by atoms with Crippen LogP contribution in [0.3, 0.4) is 0 Å². The number of anilines is 1. The number of amides is 1. The first-order valence-electron chi connectivity index (χ1n) is 7.08. The molecule has 128 valence electrons. The molecule has 0 fully saturated rings. The summed E-state index contributed by atoms with van der Waals surface area (Å²) in [6, 6.07) is 9.76. The second kappa shape index (κ2) is 7.98. The first-order valence-corrected chi connectivity index (χ1v) is 9.40. The van der Waals surface area contributed by atoms with Gasteiger partial charge in [-0.05, 0) is 35.7 Å². The quantitative estimate of drug-likeness (QED) is 0.727. The Morgan fingerprint density at radius 2 is 2.04 bits per heavy atom. The molecule has 0 saturated carbocycles. The Labute approximate surface area is 145 Å². The number of hydrogen-bond acceptors (Lipinski definition) is 5. The summed E-state index contributed by atoms with van der Waals surface area (Å²) >= 11 is 1.17. The molecule has 2 aromatic rings. The number of nitrogens with one attached hydrogen (secondary N) is 1. The Balaban J connectivity index is 2.01. The second-order valence-electron chi connectivity index (χ2n) is 4.78. The van der Waals surface area contributed by atoms with E-state index in [2.05, 4.69) is 11.9 Å². The number of carbonyl (C=O) groups is 1. The number of sulfonamides is 1. The molecular weight excluding hydrogens is 348 g/mol. The van der Waals surface area contributed by atoms with Crippen LogP contribution in [0.5, 0.6) is 5.75 Å². The number of hydrogen-bond donors (Lipinski definition) is 1. The summed E-state index contributed by atoms with van der Waals surface area (Å²) in [5.74, 6) is 0.228. The first kappa shape index (κ1) is 18.0. The summed E-state index contributed by atoms with van der Waals surface area (Å²) in [6.07, 6.45) is 1.58. The largest absolute Gasteiger partial charge is 0.484 e. The zero-order valence-corrected chi connectivity index (χ0v) is 14.8. The minimum Gasteiger partial charge on any atom is -0.484 e. The van der Waals surface area contributed by atoms with E-state index in [0.29, 0.717) is 18.0 Å². The molecule has 8 heteroatoms. The highest BCUT2D eigenvalue weighted by molar-refractivity contribution is 7.94. The molecule has 0 saturated heterocycles. The Kier molecular flexibility index (Phi) is 5.99. The highest BCUT2D eigenvalue weighted by Crippen LogP contribution is 2.26. The van der Waals surface area contributed by atoms with Crippen LogP contribution in [0, 0.1) is 0 Å². The van der Waals surface area contributed by atoms with E-state index in [0.717, 1.165) is 0 Å². The van der Waals surface area contributed by atoms with Crippen molar-refractivity contribution in [1.82, 2.24) is 5.32 Å². The molecular formula is C16H18N2O4S2. The van der Waals surface area contributed by atoms with E-state index >= 15 is 0 Å². The van der Waals surface area contributed by atoms with Gasteiger partial charge in [-0.1, -0.05) is 12.1 Å². The third-order valence-electron chi connectivity index (χ3n) is 3.12. The fourth-order valence-electron chi connectivity index (χ4n) is 1.82. The van der Waals surface area contributed by atoms with Gasteiger partial charge in [0.05, 0.1) is 5.69 Å². The van der Waals surface area contributed by atoms with E-state index in [-0.39, 0.29) is 16.7 Å². The highest BCUT2D eigenvalue weighted by atomic mass is 32.2. The predicted octanol–water partition coefficient (Wildman–Crippen LogP) is 2.25. The number of ether oxygens (including phenoxy) is 1. The van der Waals surface area contributed by atoms with Crippen molar-refractivity contribution in [3.05, 3.63) is 54.4 Å². The summed E-state index contributed by atoms with van der Waals surface area (Å²) in [5, 5.41) is 4.32. The average Bonchev–Trinajstić information content (AvgIpc) is 3.13. The zero-order valence-electron chi connectivity index (χ0n) is 13.1. The Morgan fingerprint density at radius 1 is 1.33 bits per heavy atom. The molecule has 1 aromatic heterocycles. The van der Waals surface area contributed by atoms with Crippen molar-refractivity contribution in [1.29, 1.82) is 0 Å². The van der Waals surface area contributed by atoms with Crippen LogP contribution in [-0.2, 0) is 14.8 Å². The molecule has 2 rings (SSSR count). The summed E-state index contributed by atoms with van der Waals surface area (Å²) in [7, 11) is -2.07. The van der Waals surface area contributed by atoms with E-state index < -0.39 is 10.0 Å². The van der Waals surface area contributed by atoms with Gasteiger partial charge in [0.2, 0.25) is 0 Å². The smallest absolute Gasteiger partial charge is 0.273 e. The van der Waals surface area contributed by atoms with Crippen LogP contribution < -0.4 is 14.4 Å². The van der Waals surface area contributed by atoms with Gasteiger partial charge < -0.3 is 10.1 Å². The van der Waals surface area contributed by atoms with E-state index in [9.17, 15) is 13.2 Å². The highest BCUT2D eigenvalue weighted by Gasteiger charge is 2.22. The van der Waals surface area contributed by atoms with Crippen LogP contribution in [0.4, 0.5) is 5.69 Å². The van der Waals surface area contributed by atoms with Crippen LogP contribution in [0.25, 0.3) is 0 Å². The molecule has 6 nitrogen and oxygen atoms in total. The molecule has 24 heavy (non-hydrogen) atoms. The molecule has 1 aromatic carbocycles. The molecule has 0 radical (unpaired) electrons. The van der Waals surface area contributed by atoms with E-state index in [1.165, 1.54) is 22.7 Å². The lowest BCUT2D eigenvalue weighted by Crippen LogP contribution is -2.28. The lowest BCUT2D eigenvalue weighted by molar-refractivity contribution is -0.122. The lowest BCUT2D eigenvalue weighted by Gasteiger charge is -2.18. The van der Waals surface area contributed by atoms with Crippen LogP contribution in [0.1, 0.15) is 0 Å². The summed E-state index contributed by atoms with van der Waals surface area (Å²) < 4.78 is 31.7. The van der Waals surface area contributed by atoms with Crippen molar-refractivity contribution < 1.29 is 17.9 Å². The van der Waals surface area contributed by atoms with Gasteiger partial charge in [0.25, 0.3) is 15.9 Å². The van der Waals surface area contributed by atoms with Gasteiger partial charge in [-0.25, -0.2) is 8.42 Å². The normalized spacial score (nSPS) is 10.9. The van der Waals surface area contributed by atoms with Gasteiger partial charge in [0.15, 0.2) is 6.61 Å². The third-order valence-corrected chi connectivity index (χ3v) is 6.28. The second-order valence-corrected chi connectivity index (χ2v) is 7.92. The SMILES string of the molecule is C=CCNC(=O)COc1ccc(N(C)S(=O)(=O)c2cccs2)cc1. The van der Waals surface area contributed by atoms with Crippen molar-refractivity contribution >= 4 is 33.0 Å². The maximum absolute atomic E-state index is 12.4.